The summed E-state index contributed by atoms with van der Waals surface area (Å²) in [6, 6.07) is 9.87. The van der Waals surface area contributed by atoms with Gasteiger partial charge in [0.25, 0.3) is 0 Å². The number of nitrogens with zero attached hydrogens (tertiary/aromatic N) is 2. The Morgan fingerprint density at radius 3 is 2.68 bits per heavy atom. The van der Waals surface area contributed by atoms with Crippen molar-refractivity contribution in [2.45, 2.75) is 27.3 Å². The van der Waals surface area contributed by atoms with Crippen molar-refractivity contribution < 1.29 is 4.42 Å². The predicted molar refractivity (Wildman–Crippen MR) is 89.6 cm³/mol. The lowest BCUT2D eigenvalue weighted by atomic mass is 10.2. The first-order valence-corrected chi connectivity index (χ1v) is 7.71. The van der Waals surface area contributed by atoms with Gasteiger partial charge in [-0.2, -0.15) is 0 Å². The van der Waals surface area contributed by atoms with E-state index in [1.54, 1.807) is 6.26 Å². The lowest BCUT2D eigenvalue weighted by Gasteiger charge is -2.12. The number of hydrogen-bond donors (Lipinski definition) is 2. The molecule has 0 radical (unpaired) electrons. The molecule has 0 saturated heterocycles. The van der Waals surface area contributed by atoms with E-state index in [1.165, 1.54) is 0 Å². The van der Waals surface area contributed by atoms with Gasteiger partial charge in [0.05, 0.1) is 6.54 Å². The molecule has 0 amide bonds. The fraction of sp³-hybridized carbons (Fsp3) is 0.412. The molecule has 2 N–H and O–H groups in total. The summed E-state index contributed by atoms with van der Waals surface area (Å²) in [5.41, 5.74) is 1.79. The molecular weight excluding hydrogens is 276 g/mol. The highest BCUT2D eigenvalue weighted by molar-refractivity contribution is 5.79. The highest BCUT2D eigenvalue weighted by atomic mass is 16.3. The average Bonchev–Trinajstić information content (AvgIpc) is 3.00. The first-order chi connectivity index (χ1) is 10.7. The standard InChI is InChI=1S/C17H24N4O/c1-4-18-17(19-10-13(2)3)20-11-15-12-22-16(21-15)14-8-6-5-7-9-14/h5-9,12-13H,4,10-11H2,1-3H3,(H2,18,19,20). The molecule has 118 valence electrons. The van der Waals surface area contributed by atoms with E-state index < -0.39 is 0 Å². The molecule has 0 atom stereocenters. The number of nitrogens with one attached hydrogen (secondary N) is 2. The highest BCUT2D eigenvalue weighted by Crippen LogP contribution is 2.18. The van der Waals surface area contributed by atoms with E-state index in [0.717, 1.165) is 30.3 Å². The van der Waals surface area contributed by atoms with E-state index in [9.17, 15) is 0 Å². The minimum absolute atomic E-state index is 0.490. The molecule has 0 bridgehead atoms. The normalized spacial score (nSPS) is 11.7. The van der Waals surface area contributed by atoms with Gasteiger partial charge in [0.15, 0.2) is 5.96 Å². The molecule has 0 saturated carbocycles. The van der Waals surface area contributed by atoms with Crippen LogP contribution < -0.4 is 10.6 Å². The van der Waals surface area contributed by atoms with Crippen molar-refractivity contribution in [2.75, 3.05) is 13.1 Å². The van der Waals surface area contributed by atoms with Crippen molar-refractivity contribution in [3.63, 3.8) is 0 Å². The van der Waals surface area contributed by atoms with Gasteiger partial charge in [-0.3, -0.25) is 0 Å². The van der Waals surface area contributed by atoms with E-state index in [2.05, 4.69) is 41.4 Å². The predicted octanol–water partition coefficient (Wildman–Crippen LogP) is 3.05. The molecule has 1 heterocycles. The third-order valence-corrected chi connectivity index (χ3v) is 2.99. The first kappa shape index (κ1) is 16.1. The second-order valence-electron chi connectivity index (χ2n) is 5.48. The fourth-order valence-electron chi connectivity index (χ4n) is 1.90. The van der Waals surface area contributed by atoms with Gasteiger partial charge in [-0.05, 0) is 25.0 Å². The molecule has 0 fully saturated rings. The number of aliphatic imine (C=N–C) groups is 1. The van der Waals surface area contributed by atoms with Crippen molar-refractivity contribution >= 4 is 5.96 Å². The van der Waals surface area contributed by atoms with Crippen molar-refractivity contribution in [3.8, 4) is 11.5 Å². The zero-order chi connectivity index (χ0) is 15.8. The molecular formula is C17H24N4O. The van der Waals surface area contributed by atoms with Gasteiger partial charge in [0.1, 0.15) is 12.0 Å². The summed E-state index contributed by atoms with van der Waals surface area (Å²) in [6.45, 7) is 8.60. The number of benzene rings is 1. The minimum atomic E-state index is 0.490. The Morgan fingerprint density at radius 2 is 2.00 bits per heavy atom. The number of rotatable bonds is 6. The van der Waals surface area contributed by atoms with Gasteiger partial charge >= 0.3 is 0 Å². The van der Waals surface area contributed by atoms with E-state index in [1.807, 2.05) is 30.3 Å². The molecule has 2 rings (SSSR count). The van der Waals surface area contributed by atoms with Crippen molar-refractivity contribution in [1.29, 1.82) is 0 Å². The SMILES string of the molecule is CCNC(=NCc1coc(-c2ccccc2)n1)NCC(C)C. The van der Waals surface area contributed by atoms with Crippen LogP contribution >= 0.6 is 0 Å². The number of oxazole rings is 1. The average molecular weight is 300 g/mol. The summed E-state index contributed by atoms with van der Waals surface area (Å²) in [6.07, 6.45) is 1.66. The molecule has 0 aliphatic heterocycles. The van der Waals surface area contributed by atoms with Crippen LogP contribution in [0.15, 0.2) is 46.0 Å². The Kier molecular flexibility index (Phi) is 6.01. The largest absolute Gasteiger partial charge is 0.444 e. The Morgan fingerprint density at radius 1 is 1.23 bits per heavy atom. The lowest BCUT2D eigenvalue weighted by Crippen LogP contribution is -2.39. The third-order valence-electron chi connectivity index (χ3n) is 2.99. The quantitative estimate of drug-likeness (QED) is 0.636. The van der Waals surface area contributed by atoms with Gasteiger partial charge < -0.3 is 15.1 Å². The van der Waals surface area contributed by atoms with E-state index in [-0.39, 0.29) is 0 Å². The second kappa shape index (κ2) is 8.22. The highest BCUT2D eigenvalue weighted by Gasteiger charge is 2.06. The van der Waals surface area contributed by atoms with E-state index in [0.29, 0.717) is 18.4 Å². The Bertz CT molecular complexity index is 590. The van der Waals surface area contributed by atoms with Crippen LogP contribution in [-0.2, 0) is 6.54 Å². The van der Waals surface area contributed by atoms with E-state index in [4.69, 9.17) is 4.42 Å². The maximum Gasteiger partial charge on any atom is 0.226 e. The molecule has 0 aliphatic carbocycles. The van der Waals surface area contributed by atoms with Gasteiger partial charge in [-0.1, -0.05) is 32.0 Å². The summed E-state index contributed by atoms with van der Waals surface area (Å²) in [5.74, 6) is 2.01. The maximum absolute atomic E-state index is 5.52. The Labute approximate surface area is 131 Å². The number of hydrogen-bond acceptors (Lipinski definition) is 3. The van der Waals surface area contributed by atoms with Crippen molar-refractivity contribution in [3.05, 3.63) is 42.3 Å². The molecule has 2 aromatic rings. The van der Waals surface area contributed by atoms with Gasteiger partial charge in [0.2, 0.25) is 5.89 Å². The molecule has 1 aromatic heterocycles. The zero-order valence-electron chi connectivity index (χ0n) is 13.5. The summed E-state index contributed by atoms with van der Waals surface area (Å²) in [4.78, 5) is 9.01. The molecule has 0 unspecified atom stereocenters. The van der Waals surface area contributed by atoms with Crippen LogP contribution in [0.4, 0.5) is 0 Å². The summed E-state index contributed by atoms with van der Waals surface area (Å²) in [7, 11) is 0. The molecule has 1 aromatic carbocycles. The van der Waals surface area contributed by atoms with Gasteiger partial charge in [-0.25, -0.2) is 9.98 Å². The van der Waals surface area contributed by atoms with Crippen LogP contribution in [0.25, 0.3) is 11.5 Å². The minimum Gasteiger partial charge on any atom is -0.444 e. The Balaban J connectivity index is 2.00. The van der Waals surface area contributed by atoms with Crippen LogP contribution in [0.3, 0.4) is 0 Å². The fourth-order valence-corrected chi connectivity index (χ4v) is 1.90. The molecule has 0 aliphatic rings. The summed E-state index contributed by atoms with van der Waals surface area (Å²) < 4.78 is 5.52. The van der Waals surface area contributed by atoms with Crippen LogP contribution in [-0.4, -0.2) is 24.0 Å². The topological polar surface area (TPSA) is 62.5 Å². The Hall–Kier alpha value is -2.30. The smallest absolute Gasteiger partial charge is 0.226 e. The number of aromatic nitrogens is 1. The zero-order valence-corrected chi connectivity index (χ0v) is 13.5. The third kappa shape index (κ3) is 4.91. The number of guanidine groups is 1. The van der Waals surface area contributed by atoms with Crippen molar-refractivity contribution in [2.24, 2.45) is 10.9 Å². The maximum atomic E-state index is 5.52. The van der Waals surface area contributed by atoms with Gasteiger partial charge in [0, 0.05) is 18.7 Å². The van der Waals surface area contributed by atoms with Crippen LogP contribution in [0, 0.1) is 5.92 Å². The first-order valence-electron chi connectivity index (χ1n) is 7.71. The molecule has 5 heteroatoms. The molecule has 22 heavy (non-hydrogen) atoms. The van der Waals surface area contributed by atoms with Crippen molar-refractivity contribution in [1.82, 2.24) is 15.6 Å². The molecule has 0 spiro atoms. The van der Waals surface area contributed by atoms with Crippen LogP contribution in [0.2, 0.25) is 0 Å². The summed E-state index contributed by atoms with van der Waals surface area (Å²) >= 11 is 0. The monoisotopic (exact) mass is 300 g/mol. The molecule has 5 nitrogen and oxygen atoms in total. The lowest BCUT2D eigenvalue weighted by molar-refractivity contribution is 0.572. The summed E-state index contributed by atoms with van der Waals surface area (Å²) in [5, 5.41) is 6.54. The second-order valence-corrected chi connectivity index (χ2v) is 5.48. The van der Waals surface area contributed by atoms with Crippen LogP contribution in [0.1, 0.15) is 26.5 Å². The van der Waals surface area contributed by atoms with Crippen LogP contribution in [0.5, 0.6) is 0 Å². The van der Waals surface area contributed by atoms with E-state index >= 15 is 0 Å². The van der Waals surface area contributed by atoms with Gasteiger partial charge in [-0.15, -0.1) is 0 Å².